The first kappa shape index (κ1) is 14.1. The highest BCUT2D eigenvalue weighted by Crippen LogP contribution is 2.14. The third kappa shape index (κ3) is 5.92. The lowest BCUT2D eigenvalue weighted by Gasteiger charge is -2.17. The molecule has 0 saturated carbocycles. The molecule has 0 radical (unpaired) electrons. The molecule has 0 aliphatic carbocycles. The predicted molar refractivity (Wildman–Crippen MR) is 77.7 cm³/mol. The molecular formula is C13H23NS2. The molecule has 16 heavy (non-hydrogen) atoms. The fourth-order valence-corrected chi connectivity index (χ4v) is 3.34. The van der Waals surface area contributed by atoms with Crippen molar-refractivity contribution < 1.29 is 0 Å². The molecule has 0 bridgehead atoms. The van der Waals surface area contributed by atoms with E-state index in [-0.39, 0.29) is 0 Å². The van der Waals surface area contributed by atoms with Gasteiger partial charge in [0, 0.05) is 16.7 Å². The summed E-state index contributed by atoms with van der Waals surface area (Å²) in [4.78, 5) is 1.51. The van der Waals surface area contributed by atoms with Crippen molar-refractivity contribution in [2.75, 3.05) is 18.1 Å². The Balaban J connectivity index is 2.31. The summed E-state index contributed by atoms with van der Waals surface area (Å²) in [6, 6.07) is 5.04. The van der Waals surface area contributed by atoms with Crippen LogP contribution in [0.4, 0.5) is 0 Å². The van der Waals surface area contributed by atoms with Crippen molar-refractivity contribution in [3.05, 3.63) is 22.4 Å². The Bertz CT molecular complexity index is 246. The molecule has 0 spiro atoms. The van der Waals surface area contributed by atoms with E-state index in [1.165, 1.54) is 35.6 Å². The topological polar surface area (TPSA) is 12.0 Å². The number of thioether (sulfide) groups is 1. The summed E-state index contributed by atoms with van der Waals surface area (Å²) < 4.78 is 0. The maximum absolute atomic E-state index is 3.65. The second kappa shape index (κ2) is 9.08. The molecule has 1 aromatic rings. The summed E-state index contributed by atoms with van der Waals surface area (Å²) >= 11 is 3.95. The minimum absolute atomic E-state index is 0.648. The molecule has 1 heterocycles. The standard InChI is InChI=1S/C13H23NS2/c1-3-7-14-12(11-15-8-4-2)10-13-6-5-9-16-13/h5-6,9,12,14H,3-4,7-8,10-11H2,1-2H3. The summed E-state index contributed by atoms with van der Waals surface area (Å²) in [5, 5.41) is 5.82. The molecule has 1 unspecified atom stereocenters. The Labute approximate surface area is 108 Å². The number of nitrogens with one attached hydrogen (secondary N) is 1. The summed E-state index contributed by atoms with van der Waals surface area (Å²) in [6.45, 7) is 5.62. The van der Waals surface area contributed by atoms with Gasteiger partial charge in [0.05, 0.1) is 0 Å². The van der Waals surface area contributed by atoms with Crippen LogP contribution in [0.5, 0.6) is 0 Å². The molecule has 0 amide bonds. The molecule has 0 aliphatic rings. The van der Waals surface area contributed by atoms with Gasteiger partial charge in [0.25, 0.3) is 0 Å². The lowest BCUT2D eigenvalue weighted by molar-refractivity contribution is 0.553. The molecule has 1 aromatic heterocycles. The third-order valence-corrected chi connectivity index (χ3v) is 4.61. The van der Waals surface area contributed by atoms with E-state index < -0.39 is 0 Å². The molecule has 3 heteroatoms. The highest BCUT2D eigenvalue weighted by Gasteiger charge is 2.09. The number of hydrogen-bond acceptors (Lipinski definition) is 3. The van der Waals surface area contributed by atoms with Gasteiger partial charge in [0.15, 0.2) is 0 Å². The molecule has 1 N–H and O–H groups in total. The van der Waals surface area contributed by atoms with Gasteiger partial charge in [-0.2, -0.15) is 11.8 Å². The van der Waals surface area contributed by atoms with E-state index in [1.807, 2.05) is 11.3 Å². The van der Waals surface area contributed by atoms with Crippen LogP contribution >= 0.6 is 23.1 Å². The van der Waals surface area contributed by atoms with E-state index in [0.717, 1.165) is 6.54 Å². The fraction of sp³-hybridized carbons (Fsp3) is 0.692. The minimum atomic E-state index is 0.648. The Hall–Kier alpha value is 0.01000. The molecule has 0 aliphatic heterocycles. The van der Waals surface area contributed by atoms with Crippen LogP contribution in [0.25, 0.3) is 0 Å². The lowest BCUT2D eigenvalue weighted by Crippen LogP contribution is -2.33. The van der Waals surface area contributed by atoms with E-state index in [1.54, 1.807) is 0 Å². The molecule has 1 atom stereocenters. The Morgan fingerprint density at radius 3 is 2.88 bits per heavy atom. The van der Waals surface area contributed by atoms with E-state index in [2.05, 4.69) is 48.4 Å². The van der Waals surface area contributed by atoms with Crippen LogP contribution in [0, 0.1) is 0 Å². The van der Waals surface area contributed by atoms with Gasteiger partial charge in [-0.1, -0.05) is 19.9 Å². The van der Waals surface area contributed by atoms with Crippen LogP contribution < -0.4 is 5.32 Å². The second-order valence-electron chi connectivity index (χ2n) is 4.01. The zero-order chi connectivity index (χ0) is 11.6. The highest BCUT2D eigenvalue weighted by molar-refractivity contribution is 7.99. The molecule has 1 rings (SSSR count). The molecular weight excluding hydrogens is 234 g/mol. The van der Waals surface area contributed by atoms with Crippen molar-refractivity contribution in [1.82, 2.24) is 5.32 Å². The Morgan fingerprint density at radius 1 is 1.38 bits per heavy atom. The normalized spacial score (nSPS) is 12.9. The number of rotatable bonds is 9. The number of thiophene rings is 1. The van der Waals surface area contributed by atoms with Crippen LogP contribution in [0.2, 0.25) is 0 Å². The van der Waals surface area contributed by atoms with Crippen LogP contribution in [-0.2, 0) is 6.42 Å². The average Bonchev–Trinajstić information content (AvgIpc) is 2.78. The first-order valence-corrected chi connectivity index (χ1v) is 8.23. The van der Waals surface area contributed by atoms with Crippen molar-refractivity contribution >= 4 is 23.1 Å². The van der Waals surface area contributed by atoms with Crippen molar-refractivity contribution in [3.63, 3.8) is 0 Å². The smallest absolute Gasteiger partial charge is 0.0206 e. The summed E-state index contributed by atoms with van der Waals surface area (Å²) in [5.41, 5.74) is 0. The Morgan fingerprint density at radius 2 is 2.25 bits per heavy atom. The van der Waals surface area contributed by atoms with Gasteiger partial charge in [-0.25, -0.2) is 0 Å². The van der Waals surface area contributed by atoms with Gasteiger partial charge in [-0.15, -0.1) is 11.3 Å². The van der Waals surface area contributed by atoms with Crippen LogP contribution in [-0.4, -0.2) is 24.1 Å². The van der Waals surface area contributed by atoms with Gasteiger partial charge in [0.2, 0.25) is 0 Å². The monoisotopic (exact) mass is 257 g/mol. The molecule has 0 fully saturated rings. The van der Waals surface area contributed by atoms with Crippen LogP contribution in [0.15, 0.2) is 17.5 Å². The molecule has 0 saturated heterocycles. The van der Waals surface area contributed by atoms with E-state index >= 15 is 0 Å². The van der Waals surface area contributed by atoms with Crippen molar-refractivity contribution in [2.24, 2.45) is 0 Å². The quantitative estimate of drug-likeness (QED) is 0.675. The third-order valence-electron chi connectivity index (χ3n) is 2.38. The minimum Gasteiger partial charge on any atom is -0.313 e. The second-order valence-corrected chi connectivity index (χ2v) is 6.19. The average molecular weight is 257 g/mol. The summed E-state index contributed by atoms with van der Waals surface area (Å²) in [5.74, 6) is 2.53. The number of hydrogen-bond donors (Lipinski definition) is 1. The highest BCUT2D eigenvalue weighted by atomic mass is 32.2. The predicted octanol–water partition coefficient (Wildman–Crippen LogP) is 3.80. The largest absolute Gasteiger partial charge is 0.313 e. The van der Waals surface area contributed by atoms with Crippen LogP contribution in [0.1, 0.15) is 31.6 Å². The first-order chi connectivity index (χ1) is 7.86. The fourth-order valence-electron chi connectivity index (χ4n) is 1.58. The lowest BCUT2D eigenvalue weighted by atomic mass is 10.2. The Kier molecular flexibility index (Phi) is 7.99. The van der Waals surface area contributed by atoms with Crippen LogP contribution in [0.3, 0.4) is 0 Å². The van der Waals surface area contributed by atoms with Crippen molar-refractivity contribution in [3.8, 4) is 0 Å². The molecule has 1 nitrogen and oxygen atoms in total. The SMILES string of the molecule is CCCNC(CSCCC)Cc1cccs1. The maximum Gasteiger partial charge on any atom is 0.0206 e. The van der Waals surface area contributed by atoms with Gasteiger partial charge in [0.1, 0.15) is 0 Å². The first-order valence-electron chi connectivity index (χ1n) is 6.20. The summed E-state index contributed by atoms with van der Waals surface area (Å²) in [6.07, 6.45) is 3.69. The van der Waals surface area contributed by atoms with E-state index in [9.17, 15) is 0 Å². The molecule has 0 aromatic carbocycles. The van der Waals surface area contributed by atoms with Gasteiger partial charge in [-0.05, 0) is 43.0 Å². The van der Waals surface area contributed by atoms with Gasteiger partial charge in [-0.3, -0.25) is 0 Å². The van der Waals surface area contributed by atoms with Gasteiger partial charge < -0.3 is 5.32 Å². The van der Waals surface area contributed by atoms with Gasteiger partial charge >= 0.3 is 0 Å². The summed E-state index contributed by atoms with van der Waals surface area (Å²) in [7, 11) is 0. The maximum atomic E-state index is 3.65. The zero-order valence-electron chi connectivity index (χ0n) is 10.4. The van der Waals surface area contributed by atoms with E-state index in [4.69, 9.17) is 0 Å². The van der Waals surface area contributed by atoms with Crippen molar-refractivity contribution in [2.45, 2.75) is 39.2 Å². The molecule has 92 valence electrons. The zero-order valence-corrected chi connectivity index (χ0v) is 12.0. The van der Waals surface area contributed by atoms with Crippen molar-refractivity contribution in [1.29, 1.82) is 0 Å². The van der Waals surface area contributed by atoms with E-state index in [0.29, 0.717) is 6.04 Å².